The lowest BCUT2D eigenvalue weighted by atomic mass is 9.35. The first-order valence-electron chi connectivity index (χ1n) is 35.7. The summed E-state index contributed by atoms with van der Waals surface area (Å²) in [5, 5.41) is 46.3. The van der Waals surface area contributed by atoms with E-state index in [4.69, 9.17) is 9.47 Å². The number of ether oxygens (including phenoxy) is 2. The number of esters is 2. The Labute approximate surface area is 524 Å². The van der Waals surface area contributed by atoms with E-state index < -0.39 is 52.5 Å². The number of hydrogen-bond donors (Lipinski definition) is 3. The van der Waals surface area contributed by atoms with Gasteiger partial charge in [0.25, 0.3) is 0 Å². The van der Waals surface area contributed by atoms with Gasteiger partial charge in [-0.2, -0.15) is 0 Å². The molecule has 2 spiro atoms. The number of allylic oxidation sites excluding steroid dienone is 1. The van der Waals surface area contributed by atoms with E-state index in [0.29, 0.717) is 55.8 Å². The van der Waals surface area contributed by atoms with E-state index >= 15 is 4.79 Å². The Hall–Kier alpha value is -5.00. The molecule has 4 aromatic rings. The van der Waals surface area contributed by atoms with Gasteiger partial charge in [0.05, 0.1) is 29.1 Å². The van der Waals surface area contributed by atoms with Crippen molar-refractivity contribution < 1.29 is 34.4 Å². The largest absolute Gasteiger partial charge is 0.462 e. The lowest BCUT2D eigenvalue weighted by Crippen LogP contribution is -2.78. The Morgan fingerprint density at radius 1 is 0.773 bits per heavy atom. The monoisotopic (exact) mass is 1180 g/mol. The van der Waals surface area contributed by atoms with E-state index in [0.717, 1.165) is 69.8 Å². The predicted octanol–water partition coefficient (Wildman–Crippen LogP) is 16.4. The zero-order valence-electron chi connectivity index (χ0n) is 53.0. The van der Waals surface area contributed by atoms with E-state index in [9.17, 15) is 20.1 Å². The number of aliphatic hydroxyl groups excluding tert-OH is 2. The second kappa shape index (κ2) is 21.8. The van der Waals surface area contributed by atoms with Crippen LogP contribution in [0, 0.1) is 92.7 Å². The molecule has 6 bridgehead atoms. The van der Waals surface area contributed by atoms with Gasteiger partial charge in [-0.15, -0.1) is 5.92 Å². The number of fused-ring (bicyclic) bond motifs is 6. The quantitative estimate of drug-likeness (QED) is 0.0779. The van der Waals surface area contributed by atoms with Crippen LogP contribution in [0.2, 0.25) is 0 Å². The Morgan fingerprint density at radius 3 is 2.42 bits per heavy atom. The fraction of sp³-hybridized carbons (Fsp3) is 0.630. The molecule has 7 saturated carbocycles. The Morgan fingerprint density at radius 2 is 1.59 bits per heavy atom. The van der Waals surface area contributed by atoms with E-state index in [1.54, 1.807) is 28.2 Å². The molecule has 3 N–H and O–H groups in total. The van der Waals surface area contributed by atoms with Crippen molar-refractivity contribution in [3.63, 3.8) is 0 Å². The van der Waals surface area contributed by atoms with Gasteiger partial charge in [-0.05, 0) is 236 Å². The number of carbonyl (C=O) groups is 2. The van der Waals surface area contributed by atoms with Crippen molar-refractivity contribution in [2.45, 2.75) is 228 Å². The summed E-state index contributed by atoms with van der Waals surface area (Å²) < 4.78 is 12.9. The molecule has 0 amide bonds. The molecule has 88 heavy (non-hydrogen) atoms. The standard InChI is InChI=1S/C81H98O7/c1-50(17-14-20-52-18-6-4-7-19-52)41-57-31-30-55-22-10-11-27-60(55)75(85)88-67-42-51(2)80(86,40-35-54-43-69(83)87-48-54)81(74(57)84)68(82)36-38-76(3,73(67)81)64-44-65-61-28-16-23-56-32-33-62-63-29-12-13-37-78(63,59-25-8-5-9-26-59)47-66-72(71(62)70(56)61)79(65)46-58(64)24-15-21-53-34-39-77(66,45-53)49-79/h4-9,16,18-19,23,25-26,28,30-33,43,50-51,53,55,57-58,60,63-68,72-74,82,84,86H,10-14,17,20-22,27,29,34-42,44-49H2,1-3H3. The number of carbonyl (C=O) groups excluding carboxylic acids is 2. The van der Waals surface area contributed by atoms with Gasteiger partial charge in [-0.1, -0.05) is 162 Å². The van der Waals surface area contributed by atoms with Gasteiger partial charge in [-0.25, -0.2) is 4.79 Å². The molecule has 2 heterocycles. The smallest absolute Gasteiger partial charge is 0.331 e. The summed E-state index contributed by atoms with van der Waals surface area (Å²) >= 11 is 0. The third-order valence-electron chi connectivity index (χ3n) is 28.6. The molecule has 2 aliphatic heterocycles. The molecule has 7 heteroatoms. The third kappa shape index (κ3) is 8.64. The van der Waals surface area contributed by atoms with Crippen LogP contribution in [0.15, 0.2) is 115 Å². The maximum absolute atomic E-state index is 15.6. The SMILES string of the molecule is CC(CCCc1ccccc1)CC1C=CC2CCCCC2C(=O)OC2CC(C)C(O)(CCC3=CC(=O)OC3)C3(C(O)CCC(C)(C4CC5c6cccc7ccc8c(c67)C6C(CC7(c9ccccc9)CCCCC87)C78CCC(CC#CC4CC56C7)C8)C23)C1O. The number of benzene rings is 4. The molecule has 4 aromatic carbocycles. The Balaban J connectivity index is 0.878. The minimum atomic E-state index is -1.63. The maximum atomic E-state index is 15.6. The number of hydrogen-bond acceptors (Lipinski definition) is 7. The lowest BCUT2D eigenvalue weighted by molar-refractivity contribution is -0.333. The summed E-state index contributed by atoms with van der Waals surface area (Å²) in [6.07, 6.45) is 26.9. The third-order valence-corrected chi connectivity index (χ3v) is 28.6. The zero-order valence-corrected chi connectivity index (χ0v) is 53.0. The molecule has 7 nitrogen and oxygen atoms in total. The van der Waals surface area contributed by atoms with Crippen molar-refractivity contribution in [1.82, 2.24) is 0 Å². The molecule has 0 saturated heterocycles. The summed E-state index contributed by atoms with van der Waals surface area (Å²) in [4.78, 5) is 28.4. The normalized spacial score (nSPS) is 43.8. The van der Waals surface area contributed by atoms with Gasteiger partial charge in [0.2, 0.25) is 0 Å². The van der Waals surface area contributed by atoms with Gasteiger partial charge in [0, 0.05) is 35.7 Å². The van der Waals surface area contributed by atoms with E-state index in [1.165, 1.54) is 74.3 Å². The highest BCUT2D eigenvalue weighted by atomic mass is 16.5. The summed E-state index contributed by atoms with van der Waals surface area (Å²) in [6.45, 7) is 7.11. The van der Waals surface area contributed by atoms with Crippen molar-refractivity contribution in [3.8, 4) is 11.8 Å². The second-order valence-electron chi connectivity index (χ2n) is 32.4. The molecule has 0 aromatic heterocycles. The fourth-order valence-corrected chi connectivity index (χ4v) is 25.2. The van der Waals surface area contributed by atoms with Crippen molar-refractivity contribution in [2.75, 3.05) is 6.61 Å². The van der Waals surface area contributed by atoms with Crippen LogP contribution in [0.5, 0.6) is 0 Å². The molecule has 0 radical (unpaired) electrons. The van der Waals surface area contributed by atoms with E-state index in [-0.39, 0.29) is 76.7 Å². The Kier molecular flexibility index (Phi) is 14.4. The molecule has 16 rings (SSSR count). The molecule has 22 unspecified atom stereocenters. The molecular formula is C81H98O7. The van der Waals surface area contributed by atoms with E-state index in [1.807, 2.05) is 0 Å². The van der Waals surface area contributed by atoms with Gasteiger partial charge in [0.1, 0.15) is 12.7 Å². The lowest BCUT2D eigenvalue weighted by Gasteiger charge is -2.71. The first-order chi connectivity index (χ1) is 42.7. The average molecular weight is 1180 g/mol. The van der Waals surface area contributed by atoms with E-state index in [2.05, 4.69) is 136 Å². The van der Waals surface area contributed by atoms with Crippen molar-refractivity contribution >= 4 is 22.7 Å². The van der Waals surface area contributed by atoms with Crippen LogP contribution in [0.25, 0.3) is 10.8 Å². The van der Waals surface area contributed by atoms with Crippen LogP contribution >= 0.6 is 0 Å². The summed E-state index contributed by atoms with van der Waals surface area (Å²) in [5.41, 5.74) is 5.13. The average Bonchev–Trinajstić information content (AvgIpc) is 1.29. The molecule has 22 atom stereocenters. The number of aliphatic hydroxyl groups is 3. The fourth-order valence-electron chi connectivity index (χ4n) is 25.2. The topological polar surface area (TPSA) is 113 Å². The zero-order chi connectivity index (χ0) is 60.0. The highest BCUT2D eigenvalue weighted by molar-refractivity contribution is 5.93. The number of aryl methyl sites for hydroxylation is 1. The van der Waals surface area contributed by atoms with Gasteiger partial charge >= 0.3 is 11.9 Å². The summed E-state index contributed by atoms with van der Waals surface area (Å²) in [5.74, 6) is 8.55. The maximum Gasteiger partial charge on any atom is 0.331 e. The molecule has 7 fully saturated rings. The van der Waals surface area contributed by atoms with Crippen molar-refractivity contribution in [3.05, 3.63) is 143 Å². The van der Waals surface area contributed by atoms with Crippen molar-refractivity contribution in [2.24, 2.45) is 80.8 Å². The first kappa shape index (κ1) is 58.1. The number of cyclic esters (lactones) is 1. The van der Waals surface area contributed by atoms with Gasteiger partial charge in [0.15, 0.2) is 0 Å². The minimum Gasteiger partial charge on any atom is -0.462 e. The molecular weight excluding hydrogens is 1080 g/mol. The van der Waals surface area contributed by atoms with Crippen LogP contribution in [-0.2, 0) is 30.9 Å². The van der Waals surface area contributed by atoms with Crippen LogP contribution in [-0.4, -0.2) is 57.8 Å². The Bertz CT molecular complexity index is 3480. The molecule has 464 valence electrons. The van der Waals surface area contributed by atoms with Gasteiger partial charge < -0.3 is 24.8 Å². The number of rotatable bonds is 11. The molecule has 12 aliphatic rings. The summed E-state index contributed by atoms with van der Waals surface area (Å²) in [7, 11) is 0. The predicted molar refractivity (Wildman–Crippen MR) is 346 cm³/mol. The van der Waals surface area contributed by atoms with Crippen LogP contribution in [0.3, 0.4) is 0 Å². The summed E-state index contributed by atoms with van der Waals surface area (Å²) in [6, 6.07) is 35.1. The highest BCUT2D eigenvalue weighted by Gasteiger charge is 2.78. The minimum absolute atomic E-state index is 0.0108. The van der Waals surface area contributed by atoms with Crippen LogP contribution in [0.4, 0.5) is 0 Å². The van der Waals surface area contributed by atoms with Gasteiger partial charge in [-0.3, -0.25) is 4.79 Å². The highest BCUT2D eigenvalue weighted by Crippen LogP contribution is 2.82. The molecule has 10 aliphatic carbocycles. The van der Waals surface area contributed by atoms with Crippen LogP contribution < -0.4 is 0 Å². The van der Waals surface area contributed by atoms with Crippen LogP contribution in [0.1, 0.15) is 220 Å². The second-order valence-corrected chi connectivity index (χ2v) is 32.4. The van der Waals surface area contributed by atoms with Crippen molar-refractivity contribution in [1.29, 1.82) is 0 Å². The first-order valence-corrected chi connectivity index (χ1v) is 35.7.